The molecule has 0 saturated carbocycles. The van der Waals surface area contributed by atoms with Gasteiger partial charge in [-0.1, -0.05) is 25.8 Å². The van der Waals surface area contributed by atoms with Gasteiger partial charge in [-0.2, -0.15) is 13.2 Å². The van der Waals surface area contributed by atoms with E-state index in [2.05, 4.69) is 24.5 Å². The highest BCUT2D eigenvalue weighted by atomic mass is 32.1. The average Bonchev–Trinajstić information content (AvgIpc) is 2.63. The Labute approximate surface area is 163 Å². The smallest absolute Gasteiger partial charge is 0.419 e. The van der Waals surface area contributed by atoms with Gasteiger partial charge in [0.15, 0.2) is 0 Å². The Morgan fingerprint density at radius 1 is 1.22 bits per heavy atom. The lowest BCUT2D eigenvalue weighted by Crippen LogP contribution is -2.12. The number of halogens is 3. The van der Waals surface area contributed by atoms with Crippen LogP contribution in [0.15, 0.2) is 29.4 Å². The summed E-state index contributed by atoms with van der Waals surface area (Å²) in [4.78, 5) is 4.17. The summed E-state index contributed by atoms with van der Waals surface area (Å²) in [6, 6.07) is 3.75. The van der Waals surface area contributed by atoms with Gasteiger partial charge < -0.3 is 14.6 Å². The monoisotopic (exact) mass is 405 g/mol. The van der Waals surface area contributed by atoms with Gasteiger partial charge in [-0.25, -0.2) is 0 Å². The number of aliphatic hydroxyl groups excluding tert-OH is 1. The molecule has 1 rings (SSSR count). The molecule has 1 N–H and O–H groups in total. The first-order chi connectivity index (χ1) is 12.9. The molecular formula is C19H26F3NO3S. The van der Waals surface area contributed by atoms with Gasteiger partial charge in [-0.15, -0.1) is 12.6 Å². The lowest BCUT2D eigenvalue weighted by molar-refractivity contribution is -0.139. The van der Waals surface area contributed by atoms with Crippen LogP contribution in [-0.2, 0) is 10.9 Å². The van der Waals surface area contributed by atoms with Gasteiger partial charge in [-0.3, -0.25) is 4.99 Å². The Morgan fingerprint density at radius 2 is 2.00 bits per heavy atom. The molecule has 27 heavy (non-hydrogen) atoms. The highest BCUT2D eigenvalue weighted by Gasteiger charge is 2.34. The zero-order valence-electron chi connectivity index (χ0n) is 15.3. The number of rotatable bonds is 12. The van der Waals surface area contributed by atoms with Crippen molar-refractivity contribution in [3.63, 3.8) is 0 Å². The lowest BCUT2D eigenvalue weighted by Gasteiger charge is -2.15. The summed E-state index contributed by atoms with van der Waals surface area (Å²) in [6.45, 7) is 2.89. The van der Waals surface area contributed by atoms with E-state index in [9.17, 15) is 13.2 Å². The van der Waals surface area contributed by atoms with E-state index in [1.54, 1.807) is 0 Å². The van der Waals surface area contributed by atoms with Crippen LogP contribution in [0.3, 0.4) is 0 Å². The minimum absolute atomic E-state index is 0.0452. The van der Waals surface area contributed by atoms with E-state index in [0.29, 0.717) is 13.0 Å². The highest BCUT2D eigenvalue weighted by molar-refractivity contribution is 7.90. The summed E-state index contributed by atoms with van der Waals surface area (Å²) in [7, 11) is 0. The van der Waals surface area contributed by atoms with E-state index in [-0.39, 0.29) is 36.0 Å². The van der Waals surface area contributed by atoms with Crippen LogP contribution in [0.2, 0.25) is 0 Å². The molecule has 0 aliphatic carbocycles. The summed E-state index contributed by atoms with van der Waals surface area (Å²) in [5, 5.41) is 8.67. The quantitative estimate of drug-likeness (QED) is 0.293. The van der Waals surface area contributed by atoms with Crippen molar-refractivity contribution in [2.45, 2.75) is 38.8 Å². The van der Waals surface area contributed by atoms with Gasteiger partial charge in [0.25, 0.3) is 0 Å². The van der Waals surface area contributed by atoms with E-state index < -0.39 is 11.7 Å². The highest BCUT2D eigenvalue weighted by Crippen LogP contribution is 2.38. The molecule has 0 fully saturated rings. The third kappa shape index (κ3) is 9.30. The van der Waals surface area contributed by atoms with Gasteiger partial charge in [0.1, 0.15) is 12.4 Å². The Bertz CT molecular complexity index is 619. The van der Waals surface area contributed by atoms with Gasteiger partial charge in [0.05, 0.1) is 12.2 Å². The van der Waals surface area contributed by atoms with Crippen LogP contribution in [0, 0.1) is 0 Å². The number of hydrogen-bond acceptors (Lipinski definition) is 5. The molecular weight excluding hydrogens is 379 g/mol. The molecule has 0 atom stereocenters. The third-order valence-electron chi connectivity index (χ3n) is 3.52. The number of benzene rings is 1. The van der Waals surface area contributed by atoms with Crippen LogP contribution in [0.1, 0.15) is 43.7 Å². The first-order valence-electron chi connectivity index (χ1n) is 8.84. The number of aliphatic hydroxyl groups is 1. The van der Waals surface area contributed by atoms with Gasteiger partial charge in [0.2, 0.25) is 0 Å². The van der Waals surface area contributed by atoms with E-state index >= 15 is 0 Å². The molecule has 0 aromatic heterocycles. The standard InChI is InChI=1S/C19H26F3NO3S/c1-2-3-4-10-25-11-12-26-17-7-6-15(13-16(17)19(20,21)22)18(27)14-23-8-5-9-24/h6-8,13-14,24,27H,2-5,9-12H2,1H3/b18-14-,23-8?. The van der Waals surface area contributed by atoms with Crippen LogP contribution in [0.25, 0.3) is 4.91 Å². The molecule has 1 aromatic carbocycles. The maximum absolute atomic E-state index is 13.3. The van der Waals surface area contributed by atoms with Crippen LogP contribution < -0.4 is 4.74 Å². The molecule has 0 saturated heterocycles. The molecule has 0 bridgehead atoms. The molecule has 0 heterocycles. The lowest BCUT2D eigenvalue weighted by atomic mass is 10.1. The largest absolute Gasteiger partial charge is 0.491 e. The number of alkyl halides is 3. The Balaban J connectivity index is 2.76. The predicted octanol–water partition coefficient (Wildman–Crippen LogP) is 4.97. The van der Waals surface area contributed by atoms with Crippen molar-refractivity contribution in [3.8, 4) is 5.75 Å². The molecule has 0 aliphatic rings. The number of ether oxygens (including phenoxy) is 2. The van der Waals surface area contributed by atoms with Crippen molar-refractivity contribution in [2.75, 3.05) is 26.4 Å². The SMILES string of the molecule is CCCCCOCCOc1ccc(/C(S)=C/N=CCCO)cc1C(F)(F)F. The first kappa shape index (κ1) is 23.5. The second-order valence-corrected chi connectivity index (χ2v) is 6.22. The van der Waals surface area contributed by atoms with E-state index in [0.717, 1.165) is 25.3 Å². The molecule has 1 aromatic rings. The predicted molar refractivity (Wildman–Crippen MR) is 104 cm³/mol. The molecule has 4 nitrogen and oxygen atoms in total. The Kier molecular flexibility index (Phi) is 11.2. The topological polar surface area (TPSA) is 51.0 Å². The van der Waals surface area contributed by atoms with Gasteiger partial charge >= 0.3 is 6.18 Å². The Hall–Kier alpha value is -1.51. The van der Waals surface area contributed by atoms with Crippen molar-refractivity contribution >= 4 is 23.7 Å². The second-order valence-electron chi connectivity index (χ2n) is 5.73. The number of unbranched alkanes of at least 4 members (excludes halogenated alkanes) is 2. The number of nitrogens with zero attached hydrogens (tertiary/aromatic N) is 1. The first-order valence-corrected chi connectivity index (χ1v) is 9.28. The minimum Gasteiger partial charge on any atom is -0.491 e. The molecule has 0 spiro atoms. The number of hydrogen-bond donors (Lipinski definition) is 2. The van der Waals surface area contributed by atoms with Crippen molar-refractivity contribution in [3.05, 3.63) is 35.5 Å². The Morgan fingerprint density at radius 3 is 2.67 bits per heavy atom. The van der Waals surface area contributed by atoms with Crippen molar-refractivity contribution < 1.29 is 27.8 Å². The zero-order chi connectivity index (χ0) is 20.1. The van der Waals surface area contributed by atoms with Crippen LogP contribution >= 0.6 is 12.6 Å². The molecule has 0 unspecified atom stereocenters. The zero-order valence-corrected chi connectivity index (χ0v) is 16.2. The molecule has 0 amide bonds. The van der Waals surface area contributed by atoms with Gasteiger partial charge in [-0.05, 0) is 24.1 Å². The second kappa shape index (κ2) is 12.8. The molecule has 8 heteroatoms. The maximum Gasteiger partial charge on any atom is 0.419 e. The number of thiol groups is 1. The maximum atomic E-state index is 13.3. The van der Waals surface area contributed by atoms with E-state index in [1.807, 2.05) is 0 Å². The fourth-order valence-electron chi connectivity index (χ4n) is 2.13. The third-order valence-corrected chi connectivity index (χ3v) is 3.89. The van der Waals surface area contributed by atoms with Crippen LogP contribution in [0.4, 0.5) is 13.2 Å². The van der Waals surface area contributed by atoms with Gasteiger partial charge in [0, 0.05) is 37.0 Å². The normalized spacial score (nSPS) is 12.7. The van der Waals surface area contributed by atoms with Crippen molar-refractivity contribution in [1.29, 1.82) is 0 Å². The summed E-state index contributed by atoms with van der Waals surface area (Å²) in [5.74, 6) is -0.242. The fraction of sp³-hybridized carbons (Fsp3) is 0.526. The number of aliphatic imine (C=N–C) groups is 1. The fourth-order valence-corrected chi connectivity index (χ4v) is 2.34. The van der Waals surface area contributed by atoms with Crippen LogP contribution in [0.5, 0.6) is 5.75 Å². The summed E-state index contributed by atoms with van der Waals surface area (Å²) >= 11 is 4.18. The average molecular weight is 405 g/mol. The van der Waals surface area contributed by atoms with Crippen LogP contribution in [-0.4, -0.2) is 37.7 Å². The molecule has 152 valence electrons. The summed E-state index contributed by atoms with van der Waals surface area (Å²) < 4.78 is 50.7. The van der Waals surface area contributed by atoms with E-state index in [1.165, 1.54) is 24.5 Å². The molecule has 0 radical (unpaired) electrons. The summed E-state index contributed by atoms with van der Waals surface area (Å²) in [5.41, 5.74) is -0.597. The van der Waals surface area contributed by atoms with Crippen molar-refractivity contribution in [1.82, 2.24) is 0 Å². The van der Waals surface area contributed by atoms with Crippen molar-refractivity contribution in [2.24, 2.45) is 4.99 Å². The summed E-state index contributed by atoms with van der Waals surface area (Å²) in [6.07, 6.45) is 1.66. The van der Waals surface area contributed by atoms with E-state index in [4.69, 9.17) is 14.6 Å². The minimum atomic E-state index is -4.55. The molecule has 0 aliphatic heterocycles.